The Labute approximate surface area is 141 Å². The smallest absolute Gasteiger partial charge is 0.416 e. The number of rotatable bonds is 4. The van der Waals surface area contributed by atoms with Gasteiger partial charge in [0, 0.05) is 16.8 Å². The van der Waals surface area contributed by atoms with Crippen LogP contribution in [0.5, 0.6) is 0 Å². The SMILES string of the molecule is COC=C(C(=O)OC)C1=CN(c2ccc(C(F)(F)F)cc2C)CS1. The highest BCUT2D eigenvalue weighted by atomic mass is 32.2. The van der Waals surface area contributed by atoms with Crippen molar-refractivity contribution in [2.45, 2.75) is 13.1 Å². The van der Waals surface area contributed by atoms with Crippen LogP contribution in [-0.2, 0) is 20.4 Å². The molecule has 4 nitrogen and oxygen atoms in total. The van der Waals surface area contributed by atoms with E-state index in [0.29, 0.717) is 22.0 Å². The number of hydrogen-bond acceptors (Lipinski definition) is 5. The number of carbonyl (C=O) groups excluding carboxylic acids is 1. The third-order valence-electron chi connectivity index (χ3n) is 3.37. The van der Waals surface area contributed by atoms with Crippen LogP contribution in [-0.4, -0.2) is 26.1 Å². The van der Waals surface area contributed by atoms with E-state index in [4.69, 9.17) is 9.47 Å². The third kappa shape index (κ3) is 3.87. The molecule has 0 fully saturated rings. The van der Waals surface area contributed by atoms with Crippen LogP contribution in [0.15, 0.2) is 41.1 Å². The van der Waals surface area contributed by atoms with Gasteiger partial charge in [-0.25, -0.2) is 4.79 Å². The highest BCUT2D eigenvalue weighted by Crippen LogP contribution is 2.38. The van der Waals surface area contributed by atoms with E-state index in [0.717, 1.165) is 12.1 Å². The van der Waals surface area contributed by atoms with Gasteiger partial charge in [0.25, 0.3) is 0 Å². The molecule has 0 aliphatic carbocycles. The van der Waals surface area contributed by atoms with Gasteiger partial charge in [0.05, 0.1) is 31.9 Å². The number of hydrogen-bond donors (Lipinski definition) is 0. The van der Waals surface area contributed by atoms with Gasteiger partial charge in [0.15, 0.2) is 0 Å². The first-order chi connectivity index (χ1) is 11.3. The molecule has 0 spiro atoms. The predicted molar refractivity (Wildman–Crippen MR) is 86.3 cm³/mol. The maximum absolute atomic E-state index is 12.8. The third-order valence-corrected chi connectivity index (χ3v) is 4.42. The Kier molecular flexibility index (Phi) is 5.48. The quantitative estimate of drug-likeness (QED) is 0.460. The number of ether oxygens (including phenoxy) is 2. The molecule has 0 saturated carbocycles. The average molecular weight is 359 g/mol. The average Bonchev–Trinajstić information content (AvgIpc) is 3.00. The molecule has 8 heteroatoms. The van der Waals surface area contributed by atoms with Crippen LogP contribution in [0.1, 0.15) is 11.1 Å². The Morgan fingerprint density at radius 2 is 2.04 bits per heavy atom. The molecule has 2 rings (SSSR count). The fourth-order valence-electron chi connectivity index (χ4n) is 2.23. The standard InChI is InChI=1S/C16H16F3NO3S/c1-10-6-11(16(17,18)19)4-5-13(10)20-7-14(24-9-20)12(8-22-2)15(21)23-3/h4-8H,9H2,1-3H3. The molecule has 0 saturated heterocycles. The second-order valence-electron chi connectivity index (χ2n) is 4.99. The Bertz CT molecular complexity index is 698. The summed E-state index contributed by atoms with van der Waals surface area (Å²) in [7, 11) is 2.69. The number of nitrogens with zero attached hydrogens (tertiary/aromatic N) is 1. The van der Waals surface area contributed by atoms with Crippen LogP contribution in [0, 0.1) is 6.92 Å². The minimum atomic E-state index is -4.37. The lowest BCUT2D eigenvalue weighted by atomic mass is 10.1. The molecule has 1 aliphatic heterocycles. The second kappa shape index (κ2) is 7.21. The molecule has 0 aromatic heterocycles. The molecule has 0 bridgehead atoms. The van der Waals surface area contributed by atoms with E-state index in [1.807, 2.05) is 0 Å². The highest BCUT2D eigenvalue weighted by molar-refractivity contribution is 8.03. The van der Waals surface area contributed by atoms with Gasteiger partial charge in [0.1, 0.15) is 5.57 Å². The monoisotopic (exact) mass is 359 g/mol. The van der Waals surface area contributed by atoms with Gasteiger partial charge in [-0.3, -0.25) is 0 Å². The summed E-state index contributed by atoms with van der Waals surface area (Å²) in [5, 5.41) is 0. The van der Waals surface area contributed by atoms with Crippen molar-refractivity contribution in [3.05, 3.63) is 52.3 Å². The number of aryl methyl sites for hydroxylation is 1. The molecular weight excluding hydrogens is 343 g/mol. The summed E-state index contributed by atoms with van der Waals surface area (Å²) in [6, 6.07) is 3.58. The van der Waals surface area contributed by atoms with Crippen molar-refractivity contribution in [2.75, 3.05) is 25.0 Å². The Hall–Kier alpha value is -2.09. The van der Waals surface area contributed by atoms with Crippen LogP contribution in [0.25, 0.3) is 0 Å². The largest absolute Gasteiger partial charge is 0.503 e. The number of halogens is 3. The lowest BCUT2D eigenvalue weighted by Crippen LogP contribution is -2.13. The molecule has 1 heterocycles. The number of anilines is 1. The van der Waals surface area contributed by atoms with Crippen molar-refractivity contribution in [3.63, 3.8) is 0 Å². The first kappa shape index (κ1) is 18.3. The predicted octanol–water partition coefficient (Wildman–Crippen LogP) is 4.07. The van der Waals surface area contributed by atoms with Gasteiger partial charge < -0.3 is 14.4 Å². The Morgan fingerprint density at radius 1 is 1.33 bits per heavy atom. The van der Waals surface area contributed by atoms with E-state index < -0.39 is 17.7 Å². The zero-order valence-corrected chi connectivity index (χ0v) is 14.1. The van der Waals surface area contributed by atoms with Gasteiger partial charge in [0.2, 0.25) is 0 Å². The summed E-state index contributed by atoms with van der Waals surface area (Å²) in [5.41, 5.74) is 0.719. The number of benzene rings is 1. The Balaban J connectivity index is 2.31. The summed E-state index contributed by atoms with van der Waals surface area (Å²) >= 11 is 1.37. The molecule has 1 aromatic carbocycles. The van der Waals surface area contributed by atoms with E-state index >= 15 is 0 Å². The number of carbonyl (C=O) groups is 1. The molecular formula is C16H16F3NO3S. The molecule has 0 amide bonds. The minimum absolute atomic E-state index is 0.261. The Morgan fingerprint density at radius 3 is 2.58 bits per heavy atom. The fraction of sp³-hybridized carbons (Fsp3) is 0.312. The number of methoxy groups -OCH3 is 2. The van der Waals surface area contributed by atoms with Crippen molar-refractivity contribution < 1.29 is 27.4 Å². The summed E-state index contributed by atoms with van der Waals surface area (Å²) in [4.78, 5) is 14.2. The van der Waals surface area contributed by atoms with Gasteiger partial charge in [-0.2, -0.15) is 13.2 Å². The van der Waals surface area contributed by atoms with Gasteiger partial charge >= 0.3 is 12.1 Å². The number of esters is 1. The normalized spacial score (nSPS) is 15.3. The molecule has 1 aliphatic rings. The molecule has 130 valence electrons. The number of alkyl halides is 3. The van der Waals surface area contributed by atoms with E-state index in [2.05, 4.69) is 0 Å². The van der Waals surface area contributed by atoms with Crippen LogP contribution < -0.4 is 4.90 Å². The van der Waals surface area contributed by atoms with Gasteiger partial charge in [-0.05, 0) is 30.7 Å². The highest BCUT2D eigenvalue weighted by Gasteiger charge is 2.31. The summed E-state index contributed by atoms with van der Waals surface area (Å²) in [6.07, 6.45) is -1.39. The zero-order chi connectivity index (χ0) is 17.9. The van der Waals surface area contributed by atoms with E-state index in [9.17, 15) is 18.0 Å². The molecule has 1 aromatic rings. The first-order valence-electron chi connectivity index (χ1n) is 6.88. The van der Waals surface area contributed by atoms with Crippen LogP contribution >= 0.6 is 11.8 Å². The topological polar surface area (TPSA) is 38.8 Å². The van der Waals surface area contributed by atoms with Crippen molar-refractivity contribution >= 4 is 23.4 Å². The van der Waals surface area contributed by atoms with Gasteiger partial charge in [-0.1, -0.05) is 0 Å². The summed E-state index contributed by atoms with van der Waals surface area (Å²) < 4.78 is 47.9. The zero-order valence-electron chi connectivity index (χ0n) is 13.3. The first-order valence-corrected chi connectivity index (χ1v) is 7.87. The second-order valence-corrected chi connectivity index (χ2v) is 5.98. The van der Waals surface area contributed by atoms with Crippen molar-refractivity contribution in [1.29, 1.82) is 0 Å². The molecule has 24 heavy (non-hydrogen) atoms. The minimum Gasteiger partial charge on any atom is -0.503 e. The van der Waals surface area contributed by atoms with Crippen LogP contribution in [0.2, 0.25) is 0 Å². The van der Waals surface area contributed by atoms with Gasteiger partial charge in [-0.15, -0.1) is 11.8 Å². The van der Waals surface area contributed by atoms with Crippen molar-refractivity contribution in [1.82, 2.24) is 0 Å². The van der Waals surface area contributed by atoms with Crippen LogP contribution in [0.3, 0.4) is 0 Å². The maximum Gasteiger partial charge on any atom is 0.416 e. The molecule has 0 N–H and O–H groups in total. The van der Waals surface area contributed by atoms with Crippen LogP contribution in [0.4, 0.5) is 18.9 Å². The van der Waals surface area contributed by atoms with E-state index in [-0.39, 0.29) is 5.57 Å². The van der Waals surface area contributed by atoms with E-state index in [1.54, 1.807) is 18.0 Å². The van der Waals surface area contributed by atoms with Crippen molar-refractivity contribution in [2.24, 2.45) is 0 Å². The van der Waals surface area contributed by atoms with Crippen molar-refractivity contribution in [3.8, 4) is 0 Å². The lowest BCUT2D eigenvalue weighted by molar-refractivity contribution is -0.138. The molecule has 0 radical (unpaired) electrons. The molecule has 0 atom stereocenters. The molecule has 0 unspecified atom stereocenters. The number of thioether (sulfide) groups is 1. The maximum atomic E-state index is 12.8. The van der Waals surface area contributed by atoms with E-state index in [1.165, 1.54) is 38.3 Å². The summed E-state index contributed by atoms with van der Waals surface area (Å²) in [5.74, 6) is -0.0684. The lowest BCUT2D eigenvalue weighted by Gasteiger charge is -2.18. The summed E-state index contributed by atoms with van der Waals surface area (Å²) in [6.45, 7) is 1.62. The fourth-order valence-corrected chi connectivity index (χ4v) is 3.21.